The summed E-state index contributed by atoms with van der Waals surface area (Å²) >= 11 is 0. The van der Waals surface area contributed by atoms with Gasteiger partial charge in [0.2, 0.25) is 17.6 Å². The molecule has 1 saturated heterocycles. The molecule has 1 aliphatic heterocycles. The number of hydrogen-bond donors (Lipinski definition) is 4. The van der Waals surface area contributed by atoms with Crippen LogP contribution in [0.1, 0.15) is 40.4 Å². The molecule has 2 amide bonds. The first-order valence-corrected chi connectivity index (χ1v) is 16.6. The Morgan fingerprint density at radius 1 is 0.962 bits per heavy atom. The summed E-state index contributed by atoms with van der Waals surface area (Å²) in [5.74, 6) is -4.94. The van der Waals surface area contributed by atoms with Gasteiger partial charge in [0, 0.05) is 35.7 Å². The van der Waals surface area contributed by atoms with Gasteiger partial charge in [-0.2, -0.15) is 13.2 Å². The van der Waals surface area contributed by atoms with Crippen LogP contribution in [0, 0.1) is 0 Å². The van der Waals surface area contributed by atoms with Gasteiger partial charge >= 0.3 is 18.1 Å². The lowest BCUT2D eigenvalue weighted by molar-refractivity contribution is -0.182. The summed E-state index contributed by atoms with van der Waals surface area (Å²) in [7, 11) is 0. The van der Waals surface area contributed by atoms with Gasteiger partial charge in [0.05, 0.1) is 18.3 Å². The molecule has 280 valence electrons. The Morgan fingerprint density at radius 3 is 2.15 bits per heavy atom. The van der Waals surface area contributed by atoms with Gasteiger partial charge < -0.3 is 39.8 Å². The van der Waals surface area contributed by atoms with Crippen LogP contribution in [0.4, 0.5) is 13.2 Å². The third-order valence-electron chi connectivity index (χ3n) is 8.34. The molecule has 4 N–H and O–H groups in total. The molecule has 0 spiro atoms. The number of esters is 2. The zero-order chi connectivity index (χ0) is 38.2. The second kappa shape index (κ2) is 17.0. The number of amides is 2. The Balaban J connectivity index is 1.41. The summed E-state index contributed by atoms with van der Waals surface area (Å²) in [6.07, 6.45) is -5.55. The van der Waals surface area contributed by atoms with Crippen molar-refractivity contribution in [2.45, 2.75) is 55.8 Å². The second-order valence-electron chi connectivity index (χ2n) is 12.2. The van der Waals surface area contributed by atoms with Crippen molar-refractivity contribution in [2.24, 2.45) is 0 Å². The molecule has 3 aromatic carbocycles. The number of ether oxygens (including phenoxy) is 4. The Labute approximate surface area is 302 Å². The Bertz CT molecular complexity index is 1780. The van der Waals surface area contributed by atoms with Crippen molar-refractivity contribution >= 4 is 29.8 Å². The molecule has 0 radical (unpaired) electrons. The number of alkyl halides is 3. The lowest BCUT2D eigenvalue weighted by Gasteiger charge is -2.31. The summed E-state index contributed by atoms with van der Waals surface area (Å²) in [6.45, 7) is -0.854. The minimum atomic E-state index is -4.66. The molecule has 0 bridgehead atoms. The first kappa shape index (κ1) is 38.9. The van der Waals surface area contributed by atoms with Crippen molar-refractivity contribution in [1.29, 1.82) is 0 Å². The number of fused-ring (bicyclic) bond motifs is 1. The number of nitrogens with one attached hydrogen (secondary N) is 2. The molecule has 12 nitrogen and oxygen atoms in total. The highest BCUT2D eigenvalue weighted by Gasteiger charge is 2.55. The number of hydrogen-bond acceptors (Lipinski definition) is 10. The molecule has 5 rings (SSSR count). The largest absolute Gasteiger partial charge is 0.456 e. The van der Waals surface area contributed by atoms with Gasteiger partial charge in [0.15, 0.2) is 6.61 Å². The minimum Gasteiger partial charge on any atom is -0.456 e. The zero-order valence-corrected chi connectivity index (χ0v) is 28.3. The van der Waals surface area contributed by atoms with Crippen LogP contribution >= 0.6 is 0 Å². The van der Waals surface area contributed by atoms with Crippen molar-refractivity contribution in [3.63, 3.8) is 0 Å². The highest BCUT2D eigenvalue weighted by Crippen LogP contribution is 2.47. The van der Waals surface area contributed by atoms with Gasteiger partial charge in [-0.1, -0.05) is 72.8 Å². The summed E-state index contributed by atoms with van der Waals surface area (Å²) in [5.41, 5.74) is 1.80. The quantitative estimate of drug-likeness (QED) is 0.151. The van der Waals surface area contributed by atoms with Gasteiger partial charge in [0.1, 0.15) is 24.4 Å². The molecule has 0 aromatic heterocycles. The van der Waals surface area contributed by atoms with Crippen LogP contribution in [0.15, 0.2) is 103 Å². The lowest BCUT2D eigenvalue weighted by Crippen LogP contribution is -2.54. The number of carbonyl (C=O) groups excluding carboxylic acids is 4. The lowest BCUT2D eigenvalue weighted by atomic mass is 9.91. The van der Waals surface area contributed by atoms with Gasteiger partial charge in [-0.25, -0.2) is 9.59 Å². The zero-order valence-electron chi connectivity index (χ0n) is 28.3. The van der Waals surface area contributed by atoms with Crippen LogP contribution in [0.5, 0.6) is 0 Å². The molecular weight excluding hydrogens is 701 g/mol. The van der Waals surface area contributed by atoms with Crippen LogP contribution in [0.2, 0.25) is 0 Å². The van der Waals surface area contributed by atoms with Gasteiger partial charge in [-0.15, -0.1) is 0 Å². The van der Waals surface area contributed by atoms with Crippen molar-refractivity contribution in [3.05, 3.63) is 125 Å². The Hall–Kier alpha value is -5.35. The average molecular weight is 739 g/mol. The van der Waals surface area contributed by atoms with E-state index in [0.717, 1.165) is 6.08 Å². The molecule has 0 unspecified atom stereocenters. The average Bonchev–Trinajstić information content (AvgIpc) is 3.56. The number of aliphatic hydroxyl groups excluding tert-OH is 2. The standard InChI is InChI=1S/C38H37F3N2O10/c1-23(45)32(35(48)42-18-19-44)43-34(47)26-20-29(51-36(49)25-15-12-24(13-16-25)14-17-31(46)50-22-37(39,40)41)33-30(21-26)52-38(53-33,27-8-4-2-5-9-27)28-10-6-3-7-11-28/h2-17,21,23,29-30,32-33,44-45H,18-20,22H2,1H3,(H,42,48)(H,43,47)/t23-,29+,30+,32+,33-/m0/s1. The summed E-state index contributed by atoms with van der Waals surface area (Å²) < 4.78 is 60.4. The van der Waals surface area contributed by atoms with E-state index < -0.39 is 72.8 Å². The molecule has 1 fully saturated rings. The predicted octanol–water partition coefficient (Wildman–Crippen LogP) is 3.32. The van der Waals surface area contributed by atoms with E-state index in [9.17, 15) is 37.5 Å². The summed E-state index contributed by atoms with van der Waals surface area (Å²) in [6, 6.07) is 22.4. The van der Waals surface area contributed by atoms with Gasteiger partial charge in [-0.05, 0) is 36.8 Å². The normalized spacial score (nSPS) is 20.4. The fourth-order valence-corrected chi connectivity index (χ4v) is 5.82. The maximum absolute atomic E-state index is 13.7. The SMILES string of the molecule is C[C@H](O)[C@@H](NC(=O)C1=C[C@H]2OC(c3ccccc3)(c3ccccc3)O[C@H]2[C@H](OC(=O)c2ccc(C=CC(=O)OCC(F)(F)F)cc2)C1)C(=O)NCCO. The molecular formula is C38H37F3N2O10. The number of carbonyl (C=O) groups is 4. The molecule has 53 heavy (non-hydrogen) atoms. The van der Waals surface area contributed by atoms with E-state index in [2.05, 4.69) is 15.4 Å². The van der Waals surface area contributed by atoms with E-state index >= 15 is 0 Å². The van der Waals surface area contributed by atoms with E-state index in [0.29, 0.717) is 16.7 Å². The monoisotopic (exact) mass is 738 g/mol. The molecule has 0 saturated carbocycles. The van der Waals surface area contributed by atoms with Gasteiger partial charge in [-0.3, -0.25) is 9.59 Å². The van der Waals surface area contributed by atoms with Crippen LogP contribution in [-0.4, -0.2) is 90.4 Å². The fourth-order valence-electron chi connectivity index (χ4n) is 5.82. The van der Waals surface area contributed by atoms with E-state index in [1.165, 1.54) is 43.3 Å². The molecule has 3 aromatic rings. The maximum Gasteiger partial charge on any atom is 0.422 e. The third-order valence-corrected chi connectivity index (χ3v) is 8.34. The van der Waals surface area contributed by atoms with Crippen LogP contribution in [0.25, 0.3) is 6.08 Å². The predicted molar refractivity (Wildman–Crippen MR) is 182 cm³/mol. The Kier molecular flexibility index (Phi) is 12.5. The van der Waals surface area contributed by atoms with E-state index in [-0.39, 0.29) is 30.7 Å². The smallest absolute Gasteiger partial charge is 0.422 e. The van der Waals surface area contributed by atoms with Crippen LogP contribution in [0.3, 0.4) is 0 Å². The van der Waals surface area contributed by atoms with Crippen molar-refractivity contribution in [2.75, 3.05) is 19.8 Å². The molecule has 5 atom stereocenters. The topological polar surface area (TPSA) is 170 Å². The fraction of sp³-hybridized carbons (Fsp3) is 0.316. The molecule has 1 heterocycles. The Morgan fingerprint density at radius 2 is 1.58 bits per heavy atom. The third kappa shape index (κ3) is 9.75. The first-order valence-electron chi connectivity index (χ1n) is 16.6. The number of halogens is 3. The highest BCUT2D eigenvalue weighted by atomic mass is 19.4. The minimum absolute atomic E-state index is 0.0740. The number of benzene rings is 3. The summed E-state index contributed by atoms with van der Waals surface area (Å²) in [5, 5.41) is 24.3. The molecule has 2 aliphatic rings. The summed E-state index contributed by atoms with van der Waals surface area (Å²) in [4.78, 5) is 51.5. The van der Waals surface area contributed by atoms with Gasteiger partial charge in [0.25, 0.3) is 0 Å². The van der Waals surface area contributed by atoms with Crippen molar-refractivity contribution < 1.29 is 61.5 Å². The number of aliphatic hydroxyl groups is 2. The first-order chi connectivity index (χ1) is 25.3. The van der Waals surface area contributed by atoms with E-state index in [1.54, 1.807) is 0 Å². The van der Waals surface area contributed by atoms with E-state index in [1.807, 2.05) is 60.7 Å². The van der Waals surface area contributed by atoms with Crippen LogP contribution in [-0.2, 0) is 39.1 Å². The number of rotatable bonds is 13. The maximum atomic E-state index is 13.7. The van der Waals surface area contributed by atoms with E-state index in [4.69, 9.17) is 19.3 Å². The second-order valence-corrected chi connectivity index (χ2v) is 12.2. The van der Waals surface area contributed by atoms with Crippen molar-refractivity contribution in [1.82, 2.24) is 10.6 Å². The molecule has 1 aliphatic carbocycles. The van der Waals surface area contributed by atoms with Crippen LogP contribution < -0.4 is 10.6 Å². The van der Waals surface area contributed by atoms with Crippen molar-refractivity contribution in [3.8, 4) is 0 Å². The molecule has 15 heteroatoms. The highest BCUT2D eigenvalue weighted by molar-refractivity contribution is 5.97.